The number of carbonyl (C=O) groups excluding carboxylic acids is 2. The second kappa shape index (κ2) is 8.39. The number of amides is 2. The number of ether oxygens (including phenoxy) is 1. The number of likely N-dealkylation sites (N-methyl/N-ethyl adjacent to an activating group) is 2. The fraction of sp³-hybridized carbons (Fsp3) is 0.619. The highest BCUT2D eigenvalue weighted by Crippen LogP contribution is 2.65. The Kier molecular flexibility index (Phi) is 6.06. The molecule has 176 valence electrons. The van der Waals surface area contributed by atoms with Crippen LogP contribution in [0.15, 0.2) is 18.2 Å². The SMILES string of the molecule is CN(C(=O)COc1ccc(Cl)c(F)c1)C12CC(N(C)C(=O)C3CNC(C(F)F)CN3)(C1)C2. The van der Waals surface area contributed by atoms with E-state index in [9.17, 15) is 22.8 Å². The lowest BCUT2D eigenvalue weighted by Crippen LogP contribution is -2.84. The normalized spacial score (nSPS) is 30.8. The third-order valence-corrected chi connectivity index (χ3v) is 7.43. The molecule has 5 rings (SSSR count). The minimum Gasteiger partial charge on any atom is -0.484 e. The Morgan fingerprint density at radius 2 is 1.81 bits per heavy atom. The van der Waals surface area contributed by atoms with E-state index in [2.05, 4.69) is 10.6 Å². The Morgan fingerprint density at radius 1 is 1.16 bits per heavy atom. The quantitative estimate of drug-likeness (QED) is 0.628. The Bertz CT molecular complexity index is 891. The van der Waals surface area contributed by atoms with Gasteiger partial charge in [0.15, 0.2) is 6.61 Å². The van der Waals surface area contributed by atoms with Crippen LogP contribution in [0.25, 0.3) is 0 Å². The van der Waals surface area contributed by atoms with Gasteiger partial charge in [-0.1, -0.05) is 11.6 Å². The van der Waals surface area contributed by atoms with Crippen molar-refractivity contribution in [3.8, 4) is 5.75 Å². The molecule has 0 spiro atoms. The number of hydrogen-bond acceptors (Lipinski definition) is 5. The molecule has 1 saturated heterocycles. The Morgan fingerprint density at radius 3 is 2.38 bits per heavy atom. The molecule has 0 radical (unpaired) electrons. The van der Waals surface area contributed by atoms with Crippen LogP contribution in [0, 0.1) is 5.82 Å². The molecule has 1 aromatic carbocycles. The van der Waals surface area contributed by atoms with Crippen molar-refractivity contribution < 1.29 is 27.5 Å². The molecule has 1 aromatic rings. The van der Waals surface area contributed by atoms with Crippen LogP contribution in [0.5, 0.6) is 5.75 Å². The first-order valence-electron chi connectivity index (χ1n) is 10.4. The van der Waals surface area contributed by atoms with Crippen molar-refractivity contribution in [3.63, 3.8) is 0 Å². The standard InChI is InChI=1S/C21H26ClF3N4O3/c1-28(17(30)8-32-12-3-4-13(22)14(23)5-12)20-9-21(10-20,11-20)29(2)19(31)16-7-26-15(6-27-16)18(24)25/h3-5,15-16,18,26-27H,6-11H2,1-2H3. The highest BCUT2D eigenvalue weighted by molar-refractivity contribution is 6.30. The zero-order chi connectivity index (χ0) is 23.3. The zero-order valence-electron chi connectivity index (χ0n) is 17.8. The average Bonchev–Trinajstić information content (AvgIpc) is 2.71. The van der Waals surface area contributed by atoms with Crippen LogP contribution in [-0.4, -0.2) is 85.0 Å². The molecule has 1 heterocycles. The molecule has 2 atom stereocenters. The van der Waals surface area contributed by atoms with Gasteiger partial charge in [-0.05, 0) is 31.4 Å². The molecule has 2 bridgehead atoms. The summed E-state index contributed by atoms with van der Waals surface area (Å²) in [6, 6.07) is 2.49. The maximum absolute atomic E-state index is 13.5. The first-order chi connectivity index (χ1) is 15.1. The van der Waals surface area contributed by atoms with Gasteiger partial charge in [0.1, 0.15) is 11.6 Å². The summed E-state index contributed by atoms with van der Waals surface area (Å²) in [5, 5.41) is 5.61. The number of rotatable bonds is 7. The predicted octanol–water partition coefficient (Wildman–Crippen LogP) is 1.64. The number of nitrogens with one attached hydrogen (secondary N) is 2. The maximum atomic E-state index is 13.5. The van der Waals surface area contributed by atoms with E-state index in [0.29, 0.717) is 19.3 Å². The number of nitrogens with zero attached hydrogens (tertiary/aromatic N) is 2. The van der Waals surface area contributed by atoms with Crippen molar-refractivity contribution in [1.29, 1.82) is 0 Å². The van der Waals surface area contributed by atoms with E-state index in [4.69, 9.17) is 16.3 Å². The third kappa shape index (κ3) is 3.92. The number of hydrogen-bond donors (Lipinski definition) is 2. The van der Waals surface area contributed by atoms with E-state index in [1.54, 1.807) is 23.9 Å². The molecule has 7 nitrogen and oxygen atoms in total. The maximum Gasteiger partial charge on any atom is 0.260 e. The van der Waals surface area contributed by atoms with Gasteiger partial charge >= 0.3 is 0 Å². The van der Waals surface area contributed by atoms with Crippen molar-refractivity contribution in [2.24, 2.45) is 0 Å². The fourth-order valence-electron chi connectivity index (χ4n) is 4.97. The summed E-state index contributed by atoms with van der Waals surface area (Å²) >= 11 is 5.64. The van der Waals surface area contributed by atoms with Crippen LogP contribution >= 0.6 is 11.6 Å². The molecule has 0 aromatic heterocycles. The van der Waals surface area contributed by atoms with Crippen molar-refractivity contribution >= 4 is 23.4 Å². The molecule has 1 aliphatic heterocycles. The monoisotopic (exact) mass is 474 g/mol. The fourth-order valence-corrected chi connectivity index (χ4v) is 5.09. The number of halogens is 4. The van der Waals surface area contributed by atoms with Crippen LogP contribution in [0.2, 0.25) is 5.02 Å². The highest BCUT2D eigenvalue weighted by Gasteiger charge is 2.73. The third-order valence-electron chi connectivity index (χ3n) is 7.13. The summed E-state index contributed by atoms with van der Waals surface area (Å²) < 4.78 is 44.5. The van der Waals surface area contributed by atoms with Gasteiger partial charge < -0.3 is 25.2 Å². The van der Waals surface area contributed by atoms with Gasteiger partial charge in [0.05, 0.1) is 17.1 Å². The van der Waals surface area contributed by atoms with Crippen LogP contribution in [-0.2, 0) is 9.59 Å². The molecule has 32 heavy (non-hydrogen) atoms. The van der Waals surface area contributed by atoms with Gasteiger partial charge in [0, 0.05) is 44.3 Å². The molecular formula is C21H26ClF3N4O3. The van der Waals surface area contributed by atoms with E-state index >= 15 is 0 Å². The molecule has 2 N–H and O–H groups in total. The summed E-state index contributed by atoms with van der Waals surface area (Å²) in [6.07, 6.45) is -0.524. The van der Waals surface area contributed by atoms with Gasteiger partial charge in [-0.25, -0.2) is 13.2 Å². The summed E-state index contributed by atoms with van der Waals surface area (Å²) in [7, 11) is 3.43. The topological polar surface area (TPSA) is 73.9 Å². The number of benzene rings is 1. The molecule has 3 aliphatic carbocycles. The van der Waals surface area contributed by atoms with E-state index in [1.165, 1.54) is 12.1 Å². The van der Waals surface area contributed by atoms with E-state index in [-0.39, 0.29) is 53.4 Å². The highest BCUT2D eigenvalue weighted by atomic mass is 35.5. The first kappa shape index (κ1) is 23.1. The minimum absolute atomic E-state index is 0.0216. The smallest absolute Gasteiger partial charge is 0.260 e. The van der Waals surface area contributed by atoms with Gasteiger partial charge in [0.2, 0.25) is 5.91 Å². The molecule has 11 heteroatoms. The Hall–Kier alpha value is -2.04. The molecule has 2 amide bonds. The lowest BCUT2D eigenvalue weighted by molar-refractivity contribution is -0.221. The number of carbonyl (C=O) groups is 2. The number of alkyl halides is 2. The van der Waals surface area contributed by atoms with Crippen LogP contribution < -0.4 is 15.4 Å². The largest absolute Gasteiger partial charge is 0.484 e. The van der Waals surface area contributed by atoms with Gasteiger partial charge in [0.25, 0.3) is 12.3 Å². The lowest BCUT2D eigenvalue weighted by atomic mass is 9.42. The Balaban J connectivity index is 1.26. The van der Waals surface area contributed by atoms with E-state index in [0.717, 1.165) is 6.07 Å². The van der Waals surface area contributed by atoms with Crippen molar-refractivity contribution in [2.75, 3.05) is 33.8 Å². The summed E-state index contributed by atoms with van der Waals surface area (Å²) in [6.45, 7) is -0.0436. The second-order valence-electron chi connectivity index (χ2n) is 9.00. The van der Waals surface area contributed by atoms with Gasteiger partial charge in [-0.3, -0.25) is 9.59 Å². The van der Waals surface area contributed by atoms with Crippen LogP contribution in [0.3, 0.4) is 0 Å². The average molecular weight is 475 g/mol. The molecule has 2 unspecified atom stereocenters. The van der Waals surface area contributed by atoms with Crippen LogP contribution in [0.4, 0.5) is 13.2 Å². The summed E-state index contributed by atoms with van der Waals surface area (Å²) in [4.78, 5) is 28.8. The summed E-state index contributed by atoms with van der Waals surface area (Å²) in [5.74, 6) is -0.776. The predicted molar refractivity (Wildman–Crippen MR) is 111 cm³/mol. The number of piperazine rings is 1. The Labute approximate surface area is 189 Å². The van der Waals surface area contributed by atoms with Gasteiger partial charge in [-0.2, -0.15) is 0 Å². The van der Waals surface area contributed by atoms with Crippen molar-refractivity contribution in [3.05, 3.63) is 29.0 Å². The molecule has 4 aliphatic rings. The zero-order valence-corrected chi connectivity index (χ0v) is 18.6. The minimum atomic E-state index is -2.48. The summed E-state index contributed by atoms with van der Waals surface area (Å²) in [5.41, 5.74) is -0.633. The molecule has 3 saturated carbocycles. The first-order valence-corrected chi connectivity index (χ1v) is 10.8. The van der Waals surface area contributed by atoms with Crippen LogP contribution in [0.1, 0.15) is 19.3 Å². The van der Waals surface area contributed by atoms with E-state index in [1.807, 2.05) is 0 Å². The van der Waals surface area contributed by atoms with Crippen molar-refractivity contribution in [1.82, 2.24) is 20.4 Å². The molecular weight excluding hydrogens is 449 g/mol. The van der Waals surface area contributed by atoms with Gasteiger partial charge in [-0.15, -0.1) is 0 Å². The second-order valence-corrected chi connectivity index (χ2v) is 9.41. The van der Waals surface area contributed by atoms with E-state index < -0.39 is 24.3 Å². The lowest BCUT2D eigenvalue weighted by Gasteiger charge is -2.75. The molecule has 4 fully saturated rings. The van der Waals surface area contributed by atoms with Crippen molar-refractivity contribution in [2.45, 2.75) is 48.8 Å².